The SMILES string of the molecule is C.Oc1ccccc1[PH+](c1ccccc1)c1ccccc1.[Ir].[c-]1ccccc1-c1ccccn1.[c-]1ccccc1-c1ccccn1. The van der Waals surface area contributed by atoms with Gasteiger partial charge in [-0.25, -0.2) is 0 Å². The summed E-state index contributed by atoms with van der Waals surface area (Å²) in [4.78, 5) is 8.44. The first-order valence-corrected chi connectivity index (χ1v) is 15.8. The molecular weight excluding hydrogens is 760 g/mol. The van der Waals surface area contributed by atoms with E-state index in [1.165, 1.54) is 10.6 Å². The van der Waals surface area contributed by atoms with Crippen molar-refractivity contribution in [2.45, 2.75) is 7.43 Å². The molecule has 0 saturated carbocycles. The van der Waals surface area contributed by atoms with Gasteiger partial charge in [-0.2, -0.15) is 0 Å². The molecule has 3 nitrogen and oxygen atoms in total. The number of phenols is 1. The summed E-state index contributed by atoms with van der Waals surface area (Å²) in [5, 5.41) is 13.8. The molecule has 1 radical (unpaired) electrons. The quantitative estimate of drug-likeness (QED) is 0.140. The van der Waals surface area contributed by atoms with Gasteiger partial charge in [-0.3, -0.25) is 0 Å². The Balaban J connectivity index is 0.000000193. The van der Waals surface area contributed by atoms with Gasteiger partial charge in [0.2, 0.25) is 0 Å². The largest absolute Gasteiger partial charge is 0.504 e. The van der Waals surface area contributed by atoms with Gasteiger partial charge in [-0.1, -0.05) is 80.2 Å². The van der Waals surface area contributed by atoms with Crippen molar-refractivity contribution in [3.8, 4) is 28.3 Å². The van der Waals surface area contributed by atoms with Crippen molar-refractivity contribution in [2.24, 2.45) is 0 Å². The minimum absolute atomic E-state index is 0. The Kier molecular flexibility index (Phi) is 15.3. The second-order valence-corrected chi connectivity index (χ2v) is 12.1. The maximum atomic E-state index is 10.2. The van der Waals surface area contributed by atoms with Crippen LogP contribution >= 0.6 is 7.92 Å². The fourth-order valence-electron chi connectivity index (χ4n) is 4.52. The number of hydrogen-bond donors (Lipinski definition) is 1. The van der Waals surface area contributed by atoms with E-state index < -0.39 is 7.92 Å². The molecule has 0 atom stereocenters. The first-order chi connectivity index (χ1) is 21.8. The average molecular weight is 796 g/mol. The van der Waals surface area contributed by atoms with Crippen LogP contribution in [0.4, 0.5) is 0 Å². The Hall–Kier alpha value is -4.72. The summed E-state index contributed by atoms with van der Waals surface area (Å²) in [6.45, 7) is 0. The van der Waals surface area contributed by atoms with Gasteiger partial charge in [-0.15, -0.1) is 71.8 Å². The summed E-state index contributed by atoms with van der Waals surface area (Å²) < 4.78 is 0. The topological polar surface area (TPSA) is 46.0 Å². The molecule has 0 aliphatic rings. The van der Waals surface area contributed by atoms with Crippen LogP contribution in [0.1, 0.15) is 7.43 Å². The maximum absolute atomic E-state index is 10.2. The van der Waals surface area contributed by atoms with Crippen molar-refractivity contribution in [2.75, 3.05) is 0 Å². The molecule has 7 rings (SSSR count). The predicted molar refractivity (Wildman–Crippen MR) is 192 cm³/mol. The minimum Gasteiger partial charge on any atom is -0.504 e. The van der Waals surface area contributed by atoms with Crippen molar-refractivity contribution in [1.29, 1.82) is 0 Å². The van der Waals surface area contributed by atoms with Crippen LogP contribution < -0.4 is 15.9 Å². The second kappa shape index (κ2) is 19.6. The molecule has 46 heavy (non-hydrogen) atoms. The van der Waals surface area contributed by atoms with Gasteiger partial charge < -0.3 is 15.1 Å². The molecule has 5 heteroatoms. The van der Waals surface area contributed by atoms with E-state index in [1.807, 2.05) is 115 Å². The number of aromatic nitrogens is 2. The Morgan fingerprint density at radius 3 is 1.26 bits per heavy atom. The summed E-state index contributed by atoms with van der Waals surface area (Å²) in [6.07, 6.45) is 3.58. The molecule has 2 heterocycles. The number of benzene rings is 5. The third-order valence-electron chi connectivity index (χ3n) is 6.60. The molecule has 0 amide bonds. The number of hydrogen-bond acceptors (Lipinski definition) is 3. The fourth-order valence-corrected chi connectivity index (χ4v) is 7.13. The molecule has 231 valence electrons. The zero-order chi connectivity index (χ0) is 30.2. The van der Waals surface area contributed by atoms with Crippen LogP contribution in [-0.4, -0.2) is 15.1 Å². The molecule has 1 N–H and O–H groups in total. The molecule has 0 spiro atoms. The van der Waals surface area contributed by atoms with E-state index in [2.05, 4.69) is 70.6 Å². The standard InChI is InChI=1S/C18H15OP.2C11H8N.CH4.Ir/c19-17-13-7-8-14-18(17)20(15-9-3-1-4-10-15)16-11-5-2-6-12-16;2*1-2-6-10(7-3-1)11-8-4-5-9-12-11;;/h1-14,19H;2*1-6,8-9H;1H4;/q;2*-1;;/p+1. The van der Waals surface area contributed by atoms with E-state index in [0.717, 1.165) is 27.8 Å². The minimum atomic E-state index is -1.16. The number of nitrogens with zero attached hydrogens (tertiary/aromatic N) is 2. The van der Waals surface area contributed by atoms with Crippen molar-refractivity contribution >= 4 is 23.8 Å². The molecule has 0 saturated heterocycles. The first-order valence-electron chi connectivity index (χ1n) is 14.3. The summed E-state index contributed by atoms with van der Waals surface area (Å²) in [6, 6.07) is 62.2. The molecule has 0 aliphatic carbocycles. The molecular formula is C41H36IrN2OP-. The predicted octanol–water partition coefficient (Wildman–Crippen LogP) is 8.61. The van der Waals surface area contributed by atoms with Crippen molar-refractivity contribution in [3.63, 3.8) is 0 Å². The molecule has 5 aromatic carbocycles. The molecule has 0 bridgehead atoms. The van der Waals surface area contributed by atoms with Crippen LogP contribution in [0.3, 0.4) is 0 Å². The van der Waals surface area contributed by atoms with Crippen LogP contribution in [0.15, 0.2) is 182 Å². The van der Waals surface area contributed by atoms with Gasteiger partial charge in [0.1, 0.15) is 23.8 Å². The number of phenolic OH excluding ortho intramolecular Hbond substituents is 1. The van der Waals surface area contributed by atoms with E-state index in [0.29, 0.717) is 5.75 Å². The van der Waals surface area contributed by atoms with Crippen LogP contribution in [0, 0.1) is 12.1 Å². The van der Waals surface area contributed by atoms with Crippen LogP contribution in [0.25, 0.3) is 22.5 Å². The third-order valence-corrected chi connectivity index (χ3v) is 9.38. The van der Waals surface area contributed by atoms with Crippen LogP contribution in [0.2, 0.25) is 0 Å². The molecule has 7 aromatic rings. The normalized spacial score (nSPS) is 9.67. The number of para-hydroxylation sites is 1. The Labute approximate surface area is 287 Å². The van der Waals surface area contributed by atoms with Gasteiger partial charge in [0.25, 0.3) is 0 Å². The number of aromatic hydroxyl groups is 1. The maximum Gasteiger partial charge on any atom is 0.158 e. The molecule has 0 fully saturated rings. The van der Waals surface area contributed by atoms with Gasteiger partial charge in [0.15, 0.2) is 5.75 Å². The zero-order valence-corrected chi connectivity index (χ0v) is 27.9. The van der Waals surface area contributed by atoms with Gasteiger partial charge in [-0.05, 0) is 59.9 Å². The summed E-state index contributed by atoms with van der Waals surface area (Å²) in [5.41, 5.74) is 4.02. The monoisotopic (exact) mass is 796 g/mol. The van der Waals surface area contributed by atoms with Gasteiger partial charge in [0.05, 0.1) is 0 Å². The van der Waals surface area contributed by atoms with Crippen molar-refractivity contribution < 1.29 is 25.2 Å². The van der Waals surface area contributed by atoms with E-state index in [4.69, 9.17) is 0 Å². The molecule has 2 aromatic heterocycles. The molecule has 0 aliphatic heterocycles. The van der Waals surface area contributed by atoms with Gasteiger partial charge >= 0.3 is 0 Å². The van der Waals surface area contributed by atoms with Crippen molar-refractivity contribution in [1.82, 2.24) is 9.97 Å². The Morgan fingerprint density at radius 2 is 0.870 bits per heavy atom. The summed E-state index contributed by atoms with van der Waals surface area (Å²) in [5.74, 6) is 0.383. The average Bonchev–Trinajstić information content (AvgIpc) is 3.12. The smallest absolute Gasteiger partial charge is 0.158 e. The Bertz CT molecular complexity index is 1600. The summed E-state index contributed by atoms with van der Waals surface area (Å²) in [7, 11) is -1.16. The third kappa shape index (κ3) is 10.4. The van der Waals surface area contributed by atoms with E-state index in [9.17, 15) is 5.11 Å². The van der Waals surface area contributed by atoms with E-state index in [-0.39, 0.29) is 27.5 Å². The van der Waals surface area contributed by atoms with E-state index >= 15 is 0 Å². The van der Waals surface area contributed by atoms with E-state index in [1.54, 1.807) is 18.5 Å². The Morgan fingerprint density at radius 1 is 0.457 bits per heavy atom. The first kappa shape index (κ1) is 35.8. The van der Waals surface area contributed by atoms with Gasteiger partial charge in [0, 0.05) is 32.5 Å². The van der Waals surface area contributed by atoms with Crippen molar-refractivity contribution in [3.05, 3.63) is 194 Å². The summed E-state index contributed by atoms with van der Waals surface area (Å²) >= 11 is 0. The zero-order valence-electron chi connectivity index (χ0n) is 24.5. The molecule has 0 unspecified atom stereocenters. The second-order valence-electron chi connectivity index (χ2n) is 9.61. The van der Waals surface area contributed by atoms with Crippen LogP contribution in [-0.2, 0) is 20.1 Å². The fraction of sp³-hybridized carbons (Fsp3) is 0.0244. The number of rotatable bonds is 5. The van der Waals surface area contributed by atoms with Crippen LogP contribution in [0.5, 0.6) is 5.75 Å². The number of pyridine rings is 2.